The summed E-state index contributed by atoms with van der Waals surface area (Å²) in [6.45, 7) is 5.06. The van der Waals surface area contributed by atoms with Gasteiger partial charge in [-0.25, -0.2) is 0 Å². The van der Waals surface area contributed by atoms with Crippen molar-refractivity contribution in [2.24, 2.45) is 0 Å². The van der Waals surface area contributed by atoms with E-state index in [0.29, 0.717) is 13.0 Å². The second-order valence-corrected chi connectivity index (χ2v) is 3.36. The molecule has 0 saturated carbocycles. The molecule has 1 rings (SSSR count). The summed E-state index contributed by atoms with van der Waals surface area (Å²) in [5.74, 6) is 0.00662. The van der Waals surface area contributed by atoms with Crippen molar-refractivity contribution in [1.29, 1.82) is 0 Å². The van der Waals surface area contributed by atoms with Crippen LogP contribution in [0.5, 0.6) is 0 Å². The molecule has 13 heavy (non-hydrogen) atoms. The minimum atomic E-state index is -0.360. The van der Waals surface area contributed by atoms with E-state index in [4.69, 9.17) is 0 Å². The second kappa shape index (κ2) is 4.25. The summed E-state index contributed by atoms with van der Waals surface area (Å²) < 4.78 is 0. The quantitative estimate of drug-likeness (QED) is 0.663. The van der Waals surface area contributed by atoms with Crippen LogP contribution in [0.2, 0.25) is 0 Å². The van der Waals surface area contributed by atoms with E-state index < -0.39 is 0 Å². The molecule has 0 spiro atoms. The molecular weight excluding hydrogens is 168 g/mol. The largest absolute Gasteiger partial charge is 0.345 e. The van der Waals surface area contributed by atoms with Crippen molar-refractivity contribution in [3.05, 3.63) is 0 Å². The first-order valence-electron chi connectivity index (χ1n) is 4.73. The topological polar surface area (TPSA) is 49.4 Å². The maximum Gasteiger partial charge on any atom is 0.244 e. The van der Waals surface area contributed by atoms with Crippen LogP contribution in [-0.4, -0.2) is 35.8 Å². The fraction of sp³-hybridized carbons (Fsp3) is 0.778. The Hall–Kier alpha value is -1.06. The SMILES string of the molecule is CCCN1CCC(=O)NC(C)C1=O. The van der Waals surface area contributed by atoms with Crippen LogP contribution >= 0.6 is 0 Å². The maximum atomic E-state index is 11.6. The first-order chi connectivity index (χ1) is 6.15. The molecule has 4 nitrogen and oxygen atoms in total. The molecule has 1 aliphatic heterocycles. The van der Waals surface area contributed by atoms with Gasteiger partial charge in [-0.05, 0) is 13.3 Å². The minimum absolute atomic E-state index is 0.0283. The Kier molecular flexibility index (Phi) is 3.28. The zero-order valence-electron chi connectivity index (χ0n) is 8.17. The molecule has 1 atom stereocenters. The van der Waals surface area contributed by atoms with Crippen LogP contribution < -0.4 is 5.32 Å². The molecule has 1 N–H and O–H groups in total. The average molecular weight is 184 g/mol. The third-order valence-corrected chi connectivity index (χ3v) is 2.16. The van der Waals surface area contributed by atoms with Gasteiger partial charge in [-0.15, -0.1) is 0 Å². The Morgan fingerprint density at radius 3 is 2.85 bits per heavy atom. The Morgan fingerprint density at radius 2 is 2.23 bits per heavy atom. The van der Waals surface area contributed by atoms with Crippen molar-refractivity contribution in [2.45, 2.75) is 32.7 Å². The van der Waals surface area contributed by atoms with E-state index in [1.165, 1.54) is 0 Å². The number of carbonyl (C=O) groups excluding carboxylic acids is 2. The van der Waals surface area contributed by atoms with E-state index in [2.05, 4.69) is 5.32 Å². The van der Waals surface area contributed by atoms with Gasteiger partial charge < -0.3 is 10.2 Å². The van der Waals surface area contributed by atoms with Crippen LogP contribution in [0.25, 0.3) is 0 Å². The van der Waals surface area contributed by atoms with Crippen molar-refractivity contribution in [3.8, 4) is 0 Å². The van der Waals surface area contributed by atoms with E-state index in [0.717, 1.165) is 13.0 Å². The lowest BCUT2D eigenvalue weighted by atomic mass is 10.3. The summed E-state index contributed by atoms with van der Waals surface area (Å²) in [6, 6.07) is -0.360. The maximum absolute atomic E-state index is 11.6. The van der Waals surface area contributed by atoms with E-state index in [1.54, 1.807) is 11.8 Å². The average Bonchev–Trinajstić information content (AvgIpc) is 2.19. The molecule has 1 unspecified atom stereocenters. The second-order valence-electron chi connectivity index (χ2n) is 3.36. The molecule has 1 heterocycles. The normalized spacial score (nSPS) is 24.2. The molecule has 1 fully saturated rings. The Labute approximate surface area is 78.3 Å². The summed E-state index contributed by atoms with van der Waals surface area (Å²) in [7, 11) is 0. The Morgan fingerprint density at radius 1 is 1.54 bits per heavy atom. The summed E-state index contributed by atoms with van der Waals surface area (Å²) >= 11 is 0. The molecule has 0 aromatic heterocycles. The van der Waals surface area contributed by atoms with Crippen molar-refractivity contribution in [1.82, 2.24) is 10.2 Å². The number of hydrogen-bond acceptors (Lipinski definition) is 2. The molecule has 1 aliphatic rings. The smallest absolute Gasteiger partial charge is 0.244 e. The summed E-state index contributed by atoms with van der Waals surface area (Å²) in [6.07, 6.45) is 1.36. The molecule has 74 valence electrons. The molecule has 0 aromatic rings. The number of carbonyl (C=O) groups is 2. The van der Waals surface area contributed by atoms with Gasteiger partial charge in [-0.3, -0.25) is 9.59 Å². The number of nitrogens with one attached hydrogen (secondary N) is 1. The van der Waals surface area contributed by atoms with Crippen LogP contribution in [0.3, 0.4) is 0 Å². The monoisotopic (exact) mass is 184 g/mol. The van der Waals surface area contributed by atoms with Crippen LogP contribution in [0, 0.1) is 0 Å². The summed E-state index contributed by atoms with van der Waals surface area (Å²) in [5.41, 5.74) is 0. The highest BCUT2D eigenvalue weighted by Crippen LogP contribution is 2.03. The highest BCUT2D eigenvalue weighted by Gasteiger charge is 2.25. The van der Waals surface area contributed by atoms with Crippen LogP contribution in [0.1, 0.15) is 26.7 Å². The van der Waals surface area contributed by atoms with Gasteiger partial charge in [-0.1, -0.05) is 6.92 Å². The van der Waals surface area contributed by atoms with Gasteiger partial charge >= 0.3 is 0 Å². The van der Waals surface area contributed by atoms with Gasteiger partial charge in [0.05, 0.1) is 0 Å². The summed E-state index contributed by atoms with van der Waals surface area (Å²) in [4.78, 5) is 24.4. The van der Waals surface area contributed by atoms with Gasteiger partial charge in [0.1, 0.15) is 6.04 Å². The Bertz CT molecular complexity index is 216. The highest BCUT2D eigenvalue weighted by atomic mass is 16.2. The fourth-order valence-electron chi connectivity index (χ4n) is 1.49. The van der Waals surface area contributed by atoms with Crippen LogP contribution in [-0.2, 0) is 9.59 Å². The number of amides is 2. The summed E-state index contributed by atoms with van der Waals surface area (Å²) in [5, 5.41) is 2.65. The van der Waals surface area contributed by atoms with E-state index in [-0.39, 0.29) is 17.9 Å². The molecule has 0 aliphatic carbocycles. The number of hydrogen-bond donors (Lipinski definition) is 1. The number of nitrogens with zero attached hydrogens (tertiary/aromatic N) is 1. The first kappa shape index (κ1) is 10.0. The standard InChI is InChI=1S/C9H16N2O2/c1-3-5-11-6-4-8(12)10-7(2)9(11)13/h7H,3-6H2,1-2H3,(H,10,12). The first-order valence-corrected chi connectivity index (χ1v) is 4.73. The van der Waals surface area contributed by atoms with E-state index >= 15 is 0 Å². The highest BCUT2D eigenvalue weighted by molar-refractivity contribution is 5.89. The number of rotatable bonds is 2. The van der Waals surface area contributed by atoms with Gasteiger partial charge in [0.25, 0.3) is 0 Å². The molecule has 4 heteroatoms. The Balaban J connectivity index is 2.64. The minimum Gasteiger partial charge on any atom is -0.345 e. The lowest BCUT2D eigenvalue weighted by Gasteiger charge is -2.21. The molecular formula is C9H16N2O2. The van der Waals surface area contributed by atoms with Crippen LogP contribution in [0.4, 0.5) is 0 Å². The zero-order valence-corrected chi connectivity index (χ0v) is 8.17. The van der Waals surface area contributed by atoms with Crippen molar-refractivity contribution >= 4 is 11.8 Å². The van der Waals surface area contributed by atoms with Crippen molar-refractivity contribution in [2.75, 3.05) is 13.1 Å². The lowest BCUT2D eigenvalue weighted by molar-refractivity contribution is -0.133. The third kappa shape index (κ3) is 2.44. The molecule has 2 amide bonds. The molecule has 0 bridgehead atoms. The fourth-order valence-corrected chi connectivity index (χ4v) is 1.49. The predicted octanol–water partition coefficient (Wildman–Crippen LogP) is 0.133. The zero-order chi connectivity index (χ0) is 9.84. The third-order valence-electron chi connectivity index (χ3n) is 2.16. The van der Waals surface area contributed by atoms with Gasteiger partial charge in [-0.2, -0.15) is 0 Å². The predicted molar refractivity (Wildman–Crippen MR) is 49.1 cm³/mol. The molecule has 0 radical (unpaired) electrons. The van der Waals surface area contributed by atoms with Gasteiger partial charge in [0.2, 0.25) is 11.8 Å². The van der Waals surface area contributed by atoms with Crippen molar-refractivity contribution in [3.63, 3.8) is 0 Å². The van der Waals surface area contributed by atoms with E-state index in [9.17, 15) is 9.59 Å². The van der Waals surface area contributed by atoms with Crippen molar-refractivity contribution < 1.29 is 9.59 Å². The molecule has 0 aromatic carbocycles. The molecule has 1 saturated heterocycles. The van der Waals surface area contributed by atoms with Gasteiger partial charge in [0.15, 0.2) is 0 Å². The lowest BCUT2D eigenvalue weighted by Crippen LogP contribution is -2.42. The van der Waals surface area contributed by atoms with Crippen LogP contribution in [0.15, 0.2) is 0 Å². The van der Waals surface area contributed by atoms with Gasteiger partial charge in [0, 0.05) is 19.5 Å². The van der Waals surface area contributed by atoms with E-state index in [1.807, 2.05) is 6.92 Å².